The van der Waals surface area contributed by atoms with Crippen LogP contribution in [-0.2, 0) is 4.79 Å². The number of rotatable bonds is 6. The molecule has 0 saturated carbocycles. The molecule has 0 fully saturated rings. The summed E-state index contributed by atoms with van der Waals surface area (Å²) in [6.07, 6.45) is 0.199. The predicted octanol–water partition coefficient (Wildman–Crippen LogP) is 4.13. The maximum Gasteiger partial charge on any atom is 0.222 e. The molecule has 1 aromatic heterocycles. The van der Waals surface area contributed by atoms with Crippen molar-refractivity contribution in [2.45, 2.75) is 46.1 Å². The second-order valence-electron chi connectivity index (χ2n) is 8.25. The SMILES string of the molecule is CCNC(=O)C[C@@H]1N=C(c2ccc(C(C)C)cc2)c2cc(OC)ccc2-n2c(C)nnc21. The second-order valence-corrected chi connectivity index (χ2v) is 8.25. The van der Waals surface area contributed by atoms with Crippen molar-refractivity contribution in [2.24, 2.45) is 4.99 Å². The standard InChI is InChI=1S/C25H29N5O2/c1-6-26-23(31)14-21-25-29-28-16(4)30(25)22-12-11-19(32-5)13-20(22)24(27-21)18-9-7-17(8-10-18)15(2)3/h7-13,15,21H,6,14H2,1-5H3,(H,26,31)/t21-/m0/s1. The lowest BCUT2D eigenvalue weighted by Crippen LogP contribution is -2.25. The van der Waals surface area contributed by atoms with Crippen LogP contribution >= 0.6 is 0 Å². The van der Waals surface area contributed by atoms with E-state index in [9.17, 15) is 4.79 Å². The highest BCUT2D eigenvalue weighted by molar-refractivity contribution is 6.15. The summed E-state index contributed by atoms with van der Waals surface area (Å²) in [7, 11) is 1.65. The number of aromatic nitrogens is 3. The Hall–Kier alpha value is -3.48. The molecule has 0 radical (unpaired) electrons. The number of benzene rings is 2. The van der Waals surface area contributed by atoms with Gasteiger partial charge in [0.05, 0.1) is 24.9 Å². The third-order valence-electron chi connectivity index (χ3n) is 5.74. The fourth-order valence-electron chi connectivity index (χ4n) is 4.04. The number of amides is 1. The fraction of sp³-hybridized carbons (Fsp3) is 0.360. The maximum absolute atomic E-state index is 12.5. The first kappa shape index (κ1) is 21.7. The Labute approximate surface area is 188 Å². The molecule has 32 heavy (non-hydrogen) atoms. The van der Waals surface area contributed by atoms with E-state index in [-0.39, 0.29) is 12.3 Å². The summed E-state index contributed by atoms with van der Waals surface area (Å²) < 4.78 is 7.52. The second kappa shape index (κ2) is 8.94. The topological polar surface area (TPSA) is 81.4 Å². The smallest absolute Gasteiger partial charge is 0.222 e. The molecule has 3 aromatic rings. The Kier molecular flexibility index (Phi) is 6.08. The zero-order valence-corrected chi connectivity index (χ0v) is 19.2. The van der Waals surface area contributed by atoms with E-state index in [4.69, 9.17) is 9.73 Å². The molecule has 1 amide bonds. The number of carbonyl (C=O) groups excluding carboxylic acids is 1. The molecule has 1 N–H and O–H groups in total. The summed E-state index contributed by atoms with van der Waals surface area (Å²) in [6.45, 7) is 8.74. The number of carbonyl (C=O) groups is 1. The van der Waals surface area contributed by atoms with Gasteiger partial charge in [0.25, 0.3) is 0 Å². The van der Waals surface area contributed by atoms with Crippen LogP contribution in [0.15, 0.2) is 47.5 Å². The Morgan fingerprint density at radius 3 is 2.56 bits per heavy atom. The summed E-state index contributed by atoms with van der Waals surface area (Å²) >= 11 is 0. The van der Waals surface area contributed by atoms with Crippen molar-refractivity contribution in [1.82, 2.24) is 20.1 Å². The highest BCUT2D eigenvalue weighted by atomic mass is 16.5. The number of methoxy groups -OCH3 is 1. The van der Waals surface area contributed by atoms with E-state index in [1.54, 1.807) is 7.11 Å². The Morgan fingerprint density at radius 1 is 1.16 bits per heavy atom. The fourth-order valence-corrected chi connectivity index (χ4v) is 4.04. The van der Waals surface area contributed by atoms with Gasteiger partial charge in [-0.3, -0.25) is 14.4 Å². The molecular formula is C25H29N5O2. The molecule has 7 heteroatoms. The number of ether oxygens (including phenoxy) is 1. The number of hydrogen-bond acceptors (Lipinski definition) is 5. The molecule has 0 spiro atoms. The summed E-state index contributed by atoms with van der Waals surface area (Å²) in [5.41, 5.74) is 4.91. The van der Waals surface area contributed by atoms with Crippen LogP contribution in [0.25, 0.3) is 5.69 Å². The van der Waals surface area contributed by atoms with Gasteiger partial charge in [-0.2, -0.15) is 0 Å². The Bertz CT molecular complexity index is 1160. The number of aryl methyl sites for hydroxylation is 1. The van der Waals surface area contributed by atoms with E-state index in [0.717, 1.165) is 34.1 Å². The first-order chi connectivity index (χ1) is 15.4. The van der Waals surface area contributed by atoms with Crippen LogP contribution in [0.2, 0.25) is 0 Å². The normalized spacial score (nSPS) is 14.9. The van der Waals surface area contributed by atoms with Crippen LogP contribution in [0, 0.1) is 6.92 Å². The van der Waals surface area contributed by atoms with E-state index in [1.165, 1.54) is 5.56 Å². The lowest BCUT2D eigenvalue weighted by molar-refractivity contribution is -0.121. The van der Waals surface area contributed by atoms with Gasteiger partial charge >= 0.3 is 0 Å². The molecule has 0 bridgehead atoms. The maximum atomic E-state index is 12.5. The van der Waals surface area contributed by atoms with E-state index in [2.05, 4.69) is 53.6 Å². The van der Waals surface area contributed by atoms with Crippen molar-refractivity contribution < 1.29 is 9.53 Å². The van der Waals surface area contributed by atoms with Gasteiger partial charge in [-0.25, -0.2) is 0 Å². The molecule has 1 atom stereocenters. The largest absolute Gasteiger partial charge is 0.497 e. The summed E-state index contributed by atoms with van der Waals surface area (Å²) in [5.74, 6) is 2.53. The number of hydrogen-bond donors (Lipinski definition) is 1. The van der Waals surface area contributed by atoms with Crippen molar-refractivity contribution in [1.29, 1.82) is 0 Å². The Balaban J connectivity index is 1.93. The van der Waals surface area contributed by atoms with Crippen LogP contribution in [0.5, 0.6) is 5.75 Å². The molecular weight excluding hydrogens is 402 g/mol. The van der Waals surface area contributed by atoms with Gasteiger partial charge in [-0.15, -0.1) is 10.2 Å². The van der Waals surface area contributed by atoms with Crippen molar-refractivity contribution in [3.8, 4) is 11.4 Å². The first-order valence-corrected chi connectivity index (χ1v) is 11.0. The van der Waals surface area contributed by atoms with Crippen molar-refractivity contribution in [3.05, 3.63) is 70.8 Å². The molecule has 1 aliphatic heterocycles. The quantitative estimate of drug-likeness (QED) is 0.636. The molecule has 7 nitrogen and oxygen atoms in total. The number of aliphatic imine (C=N–C) groups is 1. The number of nitrogens with one attached hydrogen (secondary N) is 1. The van der Waals surface area contributed by atoms with Gasteiger partial charge in [0.15, 0.2) is 5.82 Å². The molecule has 2 aromatic carbocycles. The van der Waals surface area contributed by atoms with Crippen LogP contribution in [0.4, 0.5) is 0 Å². The highest BCUT2D eigenvalue weighted by Crippen LogP contribution is 2.34. The number of nitrogens with zero attached hydrogens (tertiary/aromatic N) is 4. The minimum absolute atomic E-state index is 0.0634. The molecule has 2 heterocycles. The zero-order valence-electron chi connectivity index (χ0n) is 19.2. The third kappa shape index (κ3) is 4.02. The van der Waals surface area contributed by atoms with E-state index < -0.39 is 6.04 Å². The summed E-state index contributed by atoms with van der Waals surface area (Å²) in [4.78, 5) is 17.6. The average Bonchev–Trinajstić information content (AvgIpc) is 3.11. The molecule has 4 rings (SSSR count). The van der Waals surface area contributed by atoms with Crippen LogP contribution in [0.1, 0.15) is 67.5 Å². The van der Waals surface area contributed by atoms with Gasteiger partial charge in [0.1, 0.15) is 17.6 Å². The average molecular weight is 432 g/mol. The summed E-state index contributed by atoms with van der Waals surface area (Å²) in [5, 5.41) is 11.6. The van der Waals surface area contributed by atoms with E-state index >= 15 is 0 Å². The van der Waals surface area contributed by atoms with E-state index in [1.807, 2.05) is 36.6 Å². The van der Waals surface area contributed by atoms with Gasteiger partial charge in [-0.1, -0.05) is 38.1 Å². The highest BCUT2D eigenvalue weighted by Gasteiger charge is 2.29. The lowest BCUT2D eigenvalue weighted by Gasteiger charge is -2.14. The Morgan fingerprint density at radius 2 is 1.91 bits per heavy atom. The van der Waals surface area contributed by atoms with Crippen molar-refractivity contribution in [2.75, 3.05) is 13.7 Å². The zero-order chi connectivity index (χ0) is 22.8. The van der Waals surface area contributed by atoms with E-state index in [0.29, 0.717) is 18.3 Å². The number of fused-ring (bicyclic) bond motifs is 3. The monoisotopic (exact) mass is 431 g/mol. The third-order valence-corrected chi connectivity index (χ3v) is 5.74. The van der Waals surface area contributed by atoms with Crippen molar-refractivity contribution in [3.63, 3.8) is 0 Å². The van der Waals surface area contributed by atoms with Crippen LogP contribution in [-0.4, -0.2) is 40.0 Å². The molecule has 166 valence electrons. The molecule has 1 aliphatic rings. The molecule has 0 unspecified atom stereocenters. The lowest BCUT2D eigenvalue weighted by atomic mass is 9.96. The molecule has 0 saturated heterocycles. The minimum Gasteiger partial charge on any atom is -0.497 e. The summed E-state index contributed by atoms with van der Waals surface area (Å²) in [6, 6.07) is 13.9. The van der Waals surface area contributed by atoms with Crippen LogP contribution in [0.3, 0.4) is 0 Å². The van der Waals surface area contributed by atoms with Crippen molar-refractivity contribution >= 4 is 11.6 Å². The van der Waals surface area contributed by atoms with Crippen LogP contribution < -0.4 is 10.1 Å². The molecule has 0 aliphatic carbocycles. The first-order valence-electron chi connectivity index (χ1n) is 11.0. The predicted molar refractivity (Wildman–Crippen MR) is 125 cm³/mol. The van der Waals surface area contributed by atoms with Gasteiger partial charge in [0.2, 0.25) is 5.91 Å². The minimum atomic E-state index is -0.457. The van der Waals surface area contributed by atoms with Gasteiger partial charge in [-0.05, 0) is 43.5 Å². The van der Waals surface area contributed by atoms with Gasteiger partial charge < -0.3 is 10.1 Å². The van der Waals surface area contributed by atoms with Gasteiger partial charge in [0, 0.05) is 17.7 Å².